The minimum Gasteiger partial charge on any atom is -0.478 e. The SMILES string of the molecule is O=C(O)/C=C/c1ccc(COC2CCCCC2)cc1. The van der Waals surface area contributed by atoms with Gasteiger partial charge in [-0.1, -0.05) is 43.5 Å². The Morgan fingerprint density at radius 2 is 1.89 bits per heavy atom. The maximum absolute atomic E-state index is 10.4. The standard InChI is InChI=1S/C16H20O3/c17-16(18)11-10-13-6-8-14(9-7-13)12-19-15-4-2-1-3-5-15/h6-11,15H,1-5,12H2,(H,17,18)/b11-10+. The maximum atomic E-state index is 10.4. The molecule has 0 aliphatic heterocycles. The molecule has 3 nitrogen and oxygen atoms in total. The van der Waals surface area contributed by atoms with Gasteiger partial charge in [0.25, 0.3) is 0 Å². The second kappa shape index (κ2) is 7.10. The van der Waals surface area contributed by atoms with Crippen LogP contribution >= 0.6 is 0 Å². The van der Waals surface area contributed by atoms with Crippen molar-refractivity contribution in [2.45, 2.75) is 44.8 Å². The Labute approximate surface area is 113 Å². The largest absolute Gasteiger partial charge is 0.478 e. The second-order valence-corrected chi connectivity index (χ2v) is 4.98. The molecular formula is C16H20O3. The van der Waals surface area contributed by atoms with Gasteiger partial charge >= 0.3 is 5.97 Å². The third-order valence-corrected chi connectivity index (χ3v) is 3.44. The van der Waals surface area contributed by atoms with E-state index in [0.29, 0.717) is 12.7 Å². The molecular weight excluding hydrogens is 240 g/mol. The van der Waals surface area contributed by atoms with E-state index in [1.165, 1.54) is 32.1 Å². The summed E-state index contributed by atoms with van der Waals surface area (Å²) >= 11 is 0. The lowest BCUT2D eigenvalue weighted by Crippen LogP contribution is -2.16. The van der Waals surface area contributed by atoms with Gasteiger partial charge < -0.3 is 9.84 Å². The number of carboxylic acids is 1. The van der Waals surface area contributed by atoms with E-state index in [9.17, 15) is 4.79 Å². The first-order valence-corrected chi connectivity index (χ1v) is 6.85. The molecule has 102 valence electrons. The van der Waals surface area contributed by atoms with Crippen LogP contribution in [0.2, 0.25) is 0 Å². The van der Waals surface area contributed by atoms with Crippen molar-refractivity contribution in [1.82, 2.24) is 0 Å². The van der Waals surface area contributed by atoms with Gasteiger partial charge in [0.2, 0.25) is 0 Å². The minimum atomic E-state index is -0.926. The van der Waals surface area contributed by atoms with E-state index in [2.05, 4.69) is 0 Å². The lowest BCUT2D eigenvalue weighted by Gasteiger charge is -2.22. The molecule has 0 amide bonds. The van der Waals surface area contributed by atoms with Crippen LogP contribution in [0.3, 0.4) is 0 Å². The van der Waals surface area contributed by atoms with E-state index in [1.807, 2.05) is 24.3 Å². The summed E-state index contributed by atoms with van der Waals surface area (Å²) in [7, 11) is 0. The molecule has 1 aliphatic carbocycles. The quantitative estimate of drug-likeness (QED) is 0.822. The van der Waals surface area contributed by atoms with E-state index in [4.69, 9.17) is 9.84 Å². The van der Waals surface area contributed by atoms with Gasteiger partial charge in [0.1, 0.15) is 0 Å². The predicted molar refractivity (Wildman–Crippen MR) is 74.8 cm³/mol. The summed E-state index contributed by atoms with van der Waals surface area (Å²) in [6, 6.07) is 7.81. The Hall–Kier alpha value is -1.61. The number of carbonyl (C=O) groups is 1. The third kappa shape index (κ3) is 4.87. The van der Waals surface area contributed by atoms with Gasteiger partial charge in [-0.05, 0) is 30.0 Å². The van der Waals surface area contributed by atoms with Crippen LogP contribution in [0.15, 0.2) is 30.3 Å². The van der Waals surface area contributed by atoms with Gasteiger partial charge in [0.05, 0.1) is 12.7 Å². The van der Waals surface area contributed by atoms with E-state index in [1.54, 1.807) is 6.08 Å². The van der Waals surface area contributed by atoms with Crippen molar-refractivity contribution in [3.63, 3.8) is 0 Å². The zero-order valence-corrected chi connectivity index (χ0v) is 11.0. The zero-order valence-electron chi connectivity index (χ0n) is 11.0. The van der Waals surface area contributed by atoms with Gasteiger partial charge in [-0.15, -0.1) is 0 Å². The van der Waals surface area contributed by atoms with Gasteiger partial charge in [-0.3, -0.25) is 0 Å². The summed E-state index contributed by atoms with van der Waals surface area (Å²) < 4.78 is 5.89. The molecule has 0 atom stereocenters. The molecule has 0 bridgehead atoms. The fraction of sp³-hybridized carbons (Fsp3) is 0.438. The fourth-order valence-electron chi connectivity index (χ4n) is 2.34. The van der Waals surface area contributed by atoms with Gasteiger partial charge in [0.15, 0.2) is 0 Å². The highest BCUT2D eigenvalue weighted by Gasteiger charge is 2.13. The molecule has 0 aromatic heterocycles. The van der Waals surface area contributed by atoms with Crippen LogP contribution in [0.5, 0.6) is 0 Å². The number of aliphatic carboxylic acids is 1. The van der Waals surface area contributed by atoms with Crippen LogP contribution in [0.4, 0.5) is 0 Å². The molecule has 1 aromatic carbocycles. The van der Waals surface area contributed by atoms with Gasteiger partial charge in [0, 0.05) is 6.08 Å². The van der Waals surface area contributed by atoms with Crippen molar-refractivity contribution >= 4 is 12.0 Å². The lowest BCUT2D eigenvalue weighted by atomic mass is 9.98. The van der Waals surface area contributed by atoms with Crippen molar-refractivity contribution in [2.75, 3.05) is 0 Å². The van der Waals surface area contributed by atoms with Crippen molar-refractivity contribution in [3.8, 4) is 0 Å². The number of hydrogen-bond donors (Lipinski definition) is 1. The summed E-state index contributed by atoms with van der Waals surface area (Å²) in [6.45, 7) is 0.646. The third-order valence-electron chi connectivity index (χ3n) is 3.44. The number of rotatable bonds is 5. The number of hydrogen-bond acceptors (Lipinski definition) is 2. The van der Waals surface area contributed by atoms with Crippen LogP contribution in [0.25, 0.3) is 6.08 Å². The molecule has 0 heterocycles. The summed E-state index contributed by atoms with van der Waals surface area (Å²) in [6.07, 6.45) is 9.42. The summed E-state index contributed by atoms with van der Waals surface area (Å²) in [5.74, 6) is -0.926. The van der Waals surface area contributed by atoms with Crippen molar-refractivity contribution in [2.24, 2.45) is 0 Å². The fourth-order valence-corrected chi connectivity index (χ4v) is 2.34. The van der Waals surface area contributed by atoms with E-state index in [0.717, 1.165) is 17.2 Å². The highest BCUT2D eigenvalue weighted by Crippen LogP contribution is 2.21. The first-order chi connectivity index (χ1) is 9.24. The predicted octanol–water partition coefficient (Wildman–Crippen LogP) is 3.63. The number of carboxylic acid groups (broad SMARTS) is 1. The molecule has 0 radical (unpaired) electrons. The van der Waals surface area contributed by atoms with Crippen LogP contribution in [0.1, 0.15) is 43.2 Å². The average Bonchev–Trinajstić information content (AvgIpc) is 2.45. The summed E-state index contributed by atoms with van der Waals surface area (Å²) in [5, 5.41) is 8.55. The summed E-state index contributed by atoms with van der Waals surface area (Å²) in [4.78, 5) is 10.4. The Morgan fingerprint density at radius 1 is 1.21 bits per heavy atom. The highest BCUT2D eigenvalue weighted by molar-refractivity contribution is 5.85. The van der Waals surface area contributed by atoms with E-state index < -0.39 is 5.97 Å². The monoisotopic (exact) mass is 260 g/mol. The van der Waals surface area contributed by atoms with E-state index >= 15 is 0 Å². The Kier molecular flexibility index (Phi) is 5.16. The van der Waals surface area contributed by atoms with Crippen LogP contribution in [0, 0.1) is 0 Å². The van der Waals surface area contributed by atoms with Gasteiger partial charge in [-0.2, -0.15) is 0 Å². The molecule has 1 saturated carbocycles. The zero-order chi connectivity index (χ0) is 13.5. The first kappa shape index (κ1) is 13.8. The van der Waals surface area contributed by atoms with E-state index in [-0.39, 0.29) is 0 Å². The Balaban J connectivity index is 1.82. The molecule has 2 rings (SSSR count). The Morgan fingerprint density at radius 3 is 2.53 bits per heavy atom. The van der Waals surface area contributed by atoms with Crippen molar-refractivity contribution in [3.05, 3.63) is 41.5 Å². The second-order valence-electron chi connectivity index (χ2n) is 4.98. The molecule has 1 N–H and O–H groups in total. The minimum absolute atomic E-state index is 0.417. The number of benzene rings is 1. The highest BCUT2D eigenvalue weighted by atomic mass is 16.5. The molecule has 1 aliphatic rings. The van der Waals surface area contributed by atoms with Crippen molar-refractivity contribution in [1.29, 1.82) is 0 Å². The molecule has 0 unspecified atom stereocenters. The molecule has 0 saturated heterocycles. The maximum Gasteiger partial charge on any atom is 0.328 e. The van der Waals surface area contributed by atoms with Crippen LogP contribution < -0.4 is 0 Å². The van der Waals surface area contributed by atoms with Crippen LogP contribution in [-0.4, -0.2) is 17.2 Å². The lowest BCUT2D eigenvalue weighted by molar-refractivity contribution is -0.131. The topological polar surface area (TPSA) is 46.5 Å². The molecule has 3 heteroatoms. The molecule has 19 heavy (non-hydrogen) atoms. The normalized spacial score (nSPS) is 16.8. The first-order valence-electron chi connectivity index (χ1n) is 6.85. The molecule has 1 aromatic rings. The Bertz CT molecular complexity index is 428. The van der Waals surface area contributed by atoms with Crippen LogP contribution in [-0.2, 0) is 16.1 Å². The average molecular weight is 260 g/mol. The smallest absolute Gasteiger partial charge is 0.328 e. The number of ether oxygens (including phenoxy) is 1. The summed E-state index contributed by atoms with van der Waals surface area (Å²) in [5.41, 5.74) is 2.03. The van der Waals surface area contributed by atoms with Gasteiger partial charge in [-0.25, -0.2) is 4.79 Å². The molecule has 1 fully saturated rings. The van der Waals surface area contributed by atoms with Crippen molar-refractivity contribution < 1.29 is 14.6 Å². The molecule has 0 spiro atoms.